The van der Waals surface area contributed by atoms with E-state index in [2.05, 4.69) is 0 Å². The maximum absolute atomic E-state index is 13.8. The highest BCUT2D eigenvalue weighted by Crippen LogP contribution is 2.30. The van der Waals surface area contributed by atoms with Crippen LogP contribution in [-0.2, 0) is 4.79 Å². The van der Waals surface area contributed by atoms with Crippen LogP contribution in [0.1, 0.15) is 13.3 Å². The second-order valence-electron chi connectivity index (χ2n) is 4.58. The topological polar surface area (TPSA) is 63.4 Å². The summed E-state index contributed by atoms with van der Waals surface area (Å²) in [5.41, 5.74) is -0.926. The van der Waals surface area contributed by atoms with Gasteiger partial charge in [0.15, 0.2) is 11.6 Å². The maximum Gasteiger partial charge on any atom is 0.275 e. The zero-order chi connectivity index (χ0) is 14.2. The summed E-state index contributed by atoms with van der Waals surface area (Å²) in [5.74, 6) is -2.21. The lowest BCUT2D eigenvalue weighted by atomic mass is 9.98. The Hall–Kier alpha value is -2.05. The van der Waals surface area contributed by atoms with Crippen LogP contribution in [0.15, 0.2) is 12.1 Å². The second kappa shape index (κ2) is 4.91. The number of nitro groups is 1. The number of halogens is 2. The van der Waals surface area contributed by atoms with Crippen molar-refractivity contribution in [2.24, 2.45) is 5.92 Å². The maximum atomic E-state index is 13.8. The smallest absolute Gasteiger partial charge is 0.275 e. The van der Waals surface area contributed by atoms with Gasteiger partial charge < -0.3 is 4.90 Å². The van der Waals surface area contributed by atoms with Gasteiger partial charge in [0.25, 0.3) is 5.69 Å². The molecule has 1 aliphatic heterocycles. The summed E-state index contributed by atoms with van der Waals surface area (Å²) in [4.78, 5) is 22.5. The molecule has 1 unspecified atom stereocenters. The number of piperidine rings is 1. The Morgan fingerprint density at radius 3 is 2.42 bits per heavy atom. The molecule has 7 heteroatoms. The average Bonchev–Trinajstić information content (AvgIpc) is 2.32. The molecule has 1 aliphatic rings. The van der Waals surface area contributed by atoms with Crippen LogP contribution < -0.4 is 4.90 Å². The molecular weight excluding hydrogens is 258 g/mol. The Kier molecular flexibility index (Phi) is 3.46. The van der Waals surface area contributed by atoms with Crippen LogP contribution in [0, 0.1) is 27.7 Å². The molecule has 1 atom stereocenters. The van der Waals surface area contributed by atoms with Gasteiger partial charge in [-0.1, -0.05) is 6.92 Å². The predicted octanol–water partition coefficient (Wildman–Crippen LogP) is 2.29. The molecule has 1 saturated heterocycles. The Labute approximate surface area is 108 Å². The van der Waals surface area contributed by atoms with Gasteiger partial charge in [-0.3, -0.25) is 14.9 Å². The first-order chi connectivity index (χ1) is 8.90. The van der Waals surface area contributed by atoms with Crippen molar-refractivity contribution < 1.29 is 18.5 Å². The van der Waals surface area contributed by atoms with Gasteiger partial charge in [0.05, 0.1) is 17.1 Å². The number of anilines is 1. The fourth-order valence-electron chi connectivity index (χ4n) is 2.18. The molecule has 0 aliphatic carbocycles. The van der Waals surface area contributed by atoms with E-state index < -0.39 is 22.2 Å². The van der Waals surface area contributed by atoms with Crippen LogP contribution >= 0.6 is 0 Å². The highest BCUT2D eigenvalue weighted by molar-refractivity contribution is 5.83. The van der Waals surface area contributed by atoms with Gasteiger partial charge in [-0.2, -0.15) is 0 Å². The monoisotopic (exact) mass is 270 g/mol. The van der Waals surface area contributed by atoms with Crippen molar-refractivity contribution in [2.75, 3.05) is 18.0 Å². The number of ketones is 1. The largest absolute Gasteiger partial charge is 0.366 e. The third-order valence-electron chi connectivity index (χ3n) is 3.20. The normalized spacial score (nSPS) is 19.6. The third-order valence-corrected chi connectivity index (χ3v) is 3.20. The summed E-state index contributed by atoms with van der Waals surface area (Å²) in [6.45, 7) is 2.12. The second-order valence-corrected chi connectivity index (χ2v) is 4.58. The van der Waals surface area contributed by atoms with Gasteiger partial charge in [0.2, 0.25) is 0 Å². The van der Waals surface area contributed by atoms with Gasteiger partial charge >= 0.3 is 0 Å². The van der Waals surface area contributed by atoms with E-state index >= 15 is 0 Å². The first kappa shape index (κ1) is 13.4. The van der Waals surface area contributed by atoms with Crippen LogP contribution in [0.3, 0.4) is 0 Å². The fraction of sp³-hybridized carbons (Fsp3) is 0.417. The number of nitrogens with zero attached hydrogens (tertiary/aromatic N) is 2. The molecule has 0 spiro atoms. The number of carbonyl (C=O) groups excluding carboxylic acids is 1. The van der Waals surface area contributed by atoms with E-state index in [0.29, 0.717) is 12.1 Å². The van der Waals surface area contributed by atoms with Crippen LogP contribution in [0.25, 0.3) is 0 Å². The molecule has 5 nitrogen and oxygen atoms in total. The van der Waals surface area contributed by atoms with Crippen molar-refractivity contribution in [2.45, 2.75) is 13.3 Å². The molecule has 1 aromatic carbocycles. The van der Waals surface area contributed by atoms with Crippen molar-refractivity contribution in [3.05, 3.63) is 33.9 Å². The minimum Gasteiger partial charge on any atom is -0.366 e. The Balaban J connectivity index is 2.35. The zero-order valence-corrected chi connectivity index (χ0v) is 10.2. The standard InChI is InChI=1S/C12H12F2N2O3/c1-7-6-15(3-2-11(7)17)12-9(13)4-8(16(18)19)5-10(12)14/h4-5,7H,2-3,6H2,1H3. The molecule has 0 aromatic heterocycles. The third kappa shape index (κ3) is 2.54. The predicted molar refractivity (Wildman–Crippen MR) is 64.0 cm³/mol. The molecule has 1 aromatic rings. The minimum absolute atomic E-state index is 0.0546. The quantitative estimate of drug-likeness (QED) is 0.611. The van der Waals surface area contributed by atoms with E-state index in [1.165, 1.54) is 4.90 Å². The number of rotatable bonds is 2. The van der Waals surface area contributed by atoms with E-state index in [9.17, 15) is 23.7 Å². The lowest BCUT2D eigenvalue weighted by molar-refractivity contribution is -0.385. The van der Waals surface area contributed by atoms with Gasteiger partial charge in [0.1, 0.15) is 11.5 Å². The lowest BCUT2D eigenvalue weighted by Crippen LogP contribution is -2.40. The molecule has 0 amide bonds. The fourth-order valence-corrected chi connectivity index (χ4v) is 2.18. The molecule has 1 heterocycles. The van der Waals surface area contributed by atoms with E-state index in [0.717, 1.165) is 0 Å². The van der Waals surface area contributed by atoms with Gasteiger partial charge in [-0.15, -0.1) is 0 Å². The molecule has 0 saturated carbocycles. The highest BCUT2D eigenvalue weighted by atomic mass is 19.1. The summed E-state index contributed by atoms with van der Waals surface area (Å²) in [6, 6.07) is 1.39. The molecule has 1 fully saturated rings. The molecule has 102 valence electrons. The van der Waals surface area contributed by atoms with Gasteiger partial charge in [-0.25, -0.2) is 8.78 Å². The van der Waals surface area contributed by atoms with Crippen LogP contribution in [0.5, 0.6) is 0 Å². The average molecular weight is 270 g/mol. The first-order valence-corrected chi connectivity index (χ1v) is 5.81. The molecule has 0 bridgehead atoms. The zero-order valence-electron chi connectivity index (χ0n) is 10.2. The van der Waals surface area contributed by atoms with Gasteiger partial charge in [0, 0.05) is 25.4 Å². The number of non-ortho nitro benzene ring substituents is 1. The number of Topliss-reactive ketones (excluding diaryl/α,β-unsaturated/α-hetero) is 1. The van der Waals surface area contributed by atoms with Crippen molar-refractivity contribution in [1.29, 1.82) is 0 Å². The van der Waals surface area contributed by atoms with E-state index in [1.54, 1.807) is 6.92 Å². The Morgan fingerprint density at radius 2 is 1.95 bits per heavy atom. The number of hydrogen-bond donors (Lipinski definition) is 0. The number of nitro benzene ring substituents is 1. The van der Waals surface area contributed by atoms with Gasteiger partial charge in [-0.05, 0) is 0 Å². The summed E-state index contributed by atoms with van der Waals surface area (Å²) in [6.07, 6.45) is 0.219. The summed E-state index contributed by atoms with van der Waals surface area (Å²) >= 11 is 0. The molecule has 2 rings (SSSR count). The van der Waals surface area contributed by atoms with Crippen LogP contribution in [0.2, 0.25) is 0 Å². The first-order valence-electron chi connectivity index (χ1n) is 5.81. The van der Waals surface area contributed by atoms with Crippen molar-refractivity contribution in [3.8, 4) is 0 Å². The van der Waals surface area contributed by atoms with E-state index in [1.807, 2.05) is 0 Å². The Morgan fingerprint density at radius 1 is 1.37 bits per heavy atom. The molecule has 0 N–H and O–H groups in total. The molecular formula is C12H12F2N2O3. The Bertz CT molecular complexity index is 525. The molecule has 19 heavy (non-hydrogen) atoms. The summed E-state index contributed by atoms with van der Waals surface area (Å²) < 4.78 is 27.6. The summed E-state index contributed by atoms with van der Waals surface area (Å²) in [5, 5.41) is 10.5. The molecule has 0 radical (unpaired) electrons. The van der Waals surface area contributed by atoms with Crippen LogP contribution in [0.4, 0.5) is 20.2 Å². The number of benzene rings is 1. The highest BCUT2D eigenvalue weighted by Gasteiger charge is 2.28. The SMILES string of the molecule is CC1CN(c2c(F)cc([N+](=O)[O-])cc2F)CCC1=O. The van der Waals surface area contributed by atoms with E-state index in [4.69, 9.17) is 0 Å². The number of carbonyl (C=O) groups is 1. The van der Waals surface area contributed by atoms with Crippen molar-refractivity contribution in [1.82, 2.24) is 0 Å². The number of hydrogen-bond acceptors (Lipinski definition) is 4. The van der Waals surface area contributed by atoms with Crippen LogP contribution in [-0.4, -0.2) is 23.8 Å². The minimum atomic E-state index is -0.978. The lowest BCUT2D eigenvalue weighted by Gasteiger charge is -2.32. The van der Waals surface area contributed by atoms with Crippen molar-refractivity contribution >= 4 is 17.2 Å². The summed E-state index contributed by atoms with van der Waals surface area (Å²) in [7, 11) is 0. The van der Waals surface area contributed by atoms with E-state index in [-0.39, 0.29) is 36.9 Å². The van der Waals surface area contributed by atoms with Crippen molar-refractivity contribution in [3.63, 3.8) is 0 Å².